The largest absolute Gasteiger partial charge is 0.416 e. The van der Waals surface area contributed by atoms with E-state index in [0.29, 0.717) is 4.47 Å². The SMILES string of the molecule is Nc1cnc(Cl)nc1Nc1cc(C(F)(F)F)ccc1Br. The molecule has 2 rings (SSSR count). The minimum atomic E-state index is -4.44. The summed E-state index contributed by atoms with van der Waals surface area (Å²) in [5.74, 6) is 0.130. The van der Waals surface area contributed by atoms with Gasteiger partial charge in [0.05, 0.1) is 23.1 Å². The first kappa shape index (κ1) is 14.9. The van der Waals surface area contributed by atoms with Crippen LogP contribution in [0.2, 0.25) is 5.28 Å². The summed E-state index contributed by atoms with van der Waals surface area (Å²) in [6, 6.07) is 3.19. The van der Waals surface area contributed by atoms with Crippen molar-refractivity contribution in [1.29, 1.82) is 0 Å². The van der Waals surface area contributed by atoms with Crippen LogP contribution in [0.4, 0.5) is 30.4 Å². The van der Waals surface area contributed by atoms with Gasteiger partial charge in [-0.25, -0.2) is 4.98 Å². The number of anilines is 3. The monoisotopic (exact) mass is 366 g/mol. The minimum Gasteiger partial charge on any atom is -0.394 e. The molecule has 0 aliphatic carbocycles. The Morgan fingerprint density at radius 3 is 2.65 bits per heavy atom. The first-order chi connectivity index (χ1) is 9.27. The maximum Gasteiger partial charge on any atom is 0.416 e. The van der Waals surface area contributed by atoms with Crippen molar-refractivity contribution in [2.75, 3.05) is 11.1 Å². The van der Waals surface area contributed by atoms with Crippen molar-refractivity contribution in [3.8, 4) is 0 Å². The van der Waals surface area contributed by atoms with Crippen LogP contribution in [0.15, 0.2) is 28.9 Å². The lowest BCUT2D eigenvalue weighted by Gasteiger charge is -2.13. The standard InChI is InChI=1S/C11H7BrClF3N4/c12-6-2-1-5(11(14,15)16)3-8(6)19-9-7(17)4-18-10(13)20-9/h1-4H,17H2,(H,18,19,20). The molecule has 3 N–H and O–H groups in total. The maximum absolute atomic E-state index is 12.7. The molecule has 0 amide bonds. The second kappa shape index (κ2) is 5.45. The van der Waals surface area contributed by atoms with E-state index < -0.39 is 11.7 Å². The van der Waals surface area contributed by atoms with E-state index in [4.69, 9.17) is 17.3 Å². The molecule has 0 bridgehead atoms. The van der Waals surface area contributed by atoms with Crippen LogP contribution in [0.25, 0.3) is 0 Å². The topological polar surface area (TPSA) is 63.8 Å². The van der Waals surface area contributed by atoms with Crippen molar-refractivity contribution in [3.05, 3.63) is 39.7 Å². The molecule has 4 nitrogen and oxygen atoms in total. The van der Waals surface area contributed by atoms with Gasteiger partial charge in [0, 0.05) is 4.47 Å². The number of nitrogens with two attached hydrogens (primary N) is 1. The Balaban J connectivity index is 2.40. The summed E-state index contributed by atoms with van der Waals surface area (Å²) in [5, 5.41) is 2.62. The van der Waals surface area contributed by atoms with Gasteiger partial charge in [-0.05, 0) is 45.7 Å². The van der Waals surface area contributed by atoms with E-state index in [1.807, 2.05) is 0 Å². The number of nitrogens with zero attached hydrogens (tertiary/aromatic N) is 2. The third kappa shape index (κ3) is 3.31. The second-order valence-electron chi connectivity index (χ2n) is 3.76. The highest BCUT2D eigenvalue weighted by molar-refractivity contribution is 9.10. The van der Waals surface area contributed by atoms with E-state index in [1.165, 1.54) is 12.3 Å². The molecule has 0 atom stereocenters. The van der Waals surface area contributed by atoms with Gasteiger partial charge in [0.25, 0.3) is 0 Å². The third-order valence-electron chi connectivity index (χ3n) is 2.33. The Hall–Kier alpha value is -1.54. The maximum atomic E-state index is 12.7. The number of rotatable bonds is 2. The first-order valence-corrected chi connectivity index (χ1v) is 6.36. The highest BCUT2D eigenvalue weighted by Gasteiger charge is 2.31. The van der Waals surface area contributed by atoms with Gasteiger partial charge in [0.15, 0.2) is 5.82 Å². The molecule has 1 aromatic heterocycles. The second-order valence-corrected chi connectivity index (χ2v) is 4.95. The average Bonchev–Trinajstić information content (AvgIpc) is 2.35. The smallest absolute Gasteiger partial charge is 0.394 e. The summed E-state index contributed by atoms with van der Waals surface area (Å²) in [6.45, 7) is 0. The molecule has 0 radical (unpaired) electrons. The van der Waals surface area contributed by atoms with Crippen molar-refractivity contribution in [3.63, 3.8) is 0 Å². The summed E-state index contributed by atoms with van der Waals surface area (Å²) in [7, 11) is 0. The Kier molecular flexibility index (Phi) is 4.05. The van der Waals surface area contributed by atoms with Gasteiger partial charge < -0.3 is 11.1 Å². The fourth-order valence-electron chi connectivity index (χ4n) is 1.39. The molecule has 1 aromatic carbocycles. The van der Waals surface area contributed by atoms with Crippen molar-refractivity contribution in [2.45, 2.75) is 6.18 Å². The lowest BCUT2D eigenvalue weighted by atomic mass is 10.2. The summed E-state index contributed by atoms with van der Waals surface area (Å²) < 4.78 is 38.4. The summed E-state index contributed by atoms with van der Waals surface area (Å²) >= 11 is 8.77. The lowest BCUT2D eigenvalue weighted by Crippen LogP contribution is -2.06. The van der Waals surface area contributed by atoms with E-state index in [9.17, 15) is 13.2 Å². The predicted molar refractivity (Wildman–Crippen MR) is 73.9 cm³/mol. The molecule has 20 heavy (non-hydrogen) atoms. The molecule has 106 valence electrons. The zero-order valence-electron chi connectivity index (χ0n) is 9.67. The van der Waals surface area contributed by atoms with Crippen molar-refractivity contribution >= 4 is 44.7 Å². The van der Waals surface area contributed by atoms with Crippen LogP contribution in [0, 0.1) is 0 Å². The number of aromatic nitrogens is 2. The van der Waals surface area contributed by atoms with Gasteiger partial charge in [-0.15, -0.1) is 0 Å². The van der Waals surface area contributed by atoms with Crippen LogP contribution in [-0.4, -0.2) is 9.97 Å². The first-order valence-electron chi connectivity index (χ1n) is 5.19. The fraction of sp³-hybridized carbons (Fsp3) is 0.0909. The molecule has 0 fully saturated rings. The van der Waals surface area contributed by atoms with Crippen LogP contribution in [0.1, 0.15) is 5.56 Å². The highest BCUT2D eigenvalue weighted by atomic mass is 79.9. The molecule has 0 spiro atoms. The van der Waals surface area contributed by atoms with E-state index in [1.54, 1.807) is 0 Å². The van der Waals surface area contributed by atoms with Crippen molar-refractivity contribution < 1.29 is 13.2 Å². The normalized spacial score (nSPS) is 11.4. The number of benzene rings is 1. The number of hydrogen-bond donors (Lipinski definition) is 2. The Bertz CT molecular complexity index is 648. The molecule has 0 saturated heterocycles. The molecule has 1 heterocycles. The zero-order valence-corrected chi connectivity index (χ0v) is 12.0. The van der Waals surface area contributed by atoms with Crippen LogP contribution >= 0.6 is 27.5 Å². The van der Waals surface area contributed by atoms with E-state index >= 15 is 0 Å². The highest BCUT2D eigenvalue weighted by Crippen LogP contribution is 2.35. The quantitative estimate of drug-likeness (QED) is 0.780. The average molecular weight is 368 g/mol. The minimum absolute atomic E-state index is 0.0650. The predicted octanol–water partition coefficient (Wildman–Crippen LogP) is 4.24. The summed E-state index contributed by atoms with van der Waals surface area (Å²) in [6.07, 6.45) is -3.18. The molecule has 0 aliphatic heterocycles. The van der Waals surface area contributed by atoms with Gasteiger partial charge in [-0.1, -0.05) is 0 Å². The van der Waals surface area contributed by atoms with Crippen molar-refractivity contribution in [1.82, 2.24) is 9.97 Å². The number of nitrogen functional groups attached to an aromatic ring is 1. The Labute approximate surface area is 125 Å². The van der Waals surface area contributed by atoms with Crippen molar-refractivity contribution in [2.24, 2.45) is 0 Å². The summed E-state index contributed by atoms with van der Waals surface area (Å²) in [4.78, 5) is 7.47. The van der Waals surface area contributed by atoms with Gasteiger partial charge in [0.1, 0.15) is 0 Å². The molecule has 0 saturated carbocycles. The summed E-state index contributed by atoms with van der Waals surface area (Å²) in [5.41, 5.74) is 5.17. The van der Waals surface area contributed by atoms with Crippen LogP contribution in [0.3, 0.4) is 0 Å². The zero-order chi connectivity index (χ0) is 14.9. The number of nitrogens with one attached hydrogen (secondary N) is 1. The molecule has 2 aromatic rings. The fourth-order valence-corrected chi connectivity index (χ4v) is 1.87. The number of alkyl halides is 3. The van der Waals surface area contributed by atoms with Crippen LogP contribution in [0.5, 0.6) is 0 Å². The van der Waals surface area contributed by atoms with Gasteiger partial charge >= 0.3 is 6.18 Å². The molecule has 0 aliphatic rings. The van der Waals surface area contributed by atoms with Gasteiger partial charge in [-0.3, -0.25) is 0 Å². The van der Waals surface area contributed by atoms with Gasteiger partial charge in [0.2, 0.25) is 5.28 Å². The van der Waals surface area contributed by atoms with Gasteiger partial charge in [-0.2, -0.15) is 18.2 Å². The molecular formula is C11H7BrClF3N4. The molecule has 9 heteroatoms. The number of halogens is 5. The van der Waals surface area contributed by atoms with E-state index in [-0.39, 0.29) is 22.5 Å². The Morgan fingerprint density at radius 1 is 1.30 bits per heavy atom. The van der Waals surface area contributed by atoms with E-state index in [2.05, 4.69) is 31.2 Å². The lowest BCUT2D eigenvalue weighted by molar-refractivity contribution is -0.137. The molecular weight excluding hydrogens is 360 g/mol. The van der Waals surface area contributed by atoms with Crippen LogP contribution in [-0.2, 0) is 6.18 Å². The molecule has 0 unspecified atom stereocenters. The van der Waals surface area contributed by atoms with E-state index in [0.717, 1.165) is 12.1 Å². The third-order valence-corrected chi connectivity index (χ3v) is 3.21. The Morgan fingerprint density at radius 2 is 2.00 bits per heavy atom. The number of hydrogen-bond acceptors (Lipinski definition) is 4. The van der Waals surface area contributed by atoms with Crippen LogP contribution < -0.4 is 11.1 Å².